The number of amides is 1. The Hall–Kier alpha value is -1.53. The number of likely N-dealkylation sites (tertiary alicyclic amines) is 1. The molecule has 1 fully saturated rings. The number of hydrogen-bond acceptors (Lipinski definition) is 5. The molecular formula is C14H22N4O2. The van der Waals surface area contributed by atoms with Crippen LogP contribution in [0.3, 0.4) is 0 Å². The summed E-state index contributed by atoms with van der Waals surface area (Å²) >= 11 is 0. The number of methoxy groups -OCH3 is 1. The number of rotatable bonds is 5. The molecule has 0 aliphatic carbocycles. The highest BCUT2D eigenvalue weighted by Crippen LogP contribution is 2.24. The second-order valence-corrected chi connectivity index (χ2v) is 5.42. The summed E-state index contributed by atoms with van der Waals surface area (Å²) in [6.07, 6.45) is 5.79. The minimum Gasteiger partial charge on any atom is -0.380 e. The van der Waals surface area contributed by atoms with Crippen molar-refractivity contribution in [2.75, 3.05) is 34.3 Å². The van der Waals surface area contributed by atoms with Crippen LogP contribution in [0, 0.1) is 5.92 Å². The molecule has 110 valence electrons. The van der Waals surface area contributed by atoms with Gasteiger partial charge in [-0.3, -0.25) is 19.7 Å². The molecule has 0 spiro atoms. The SMILES string of the molecule is CO[C@H]1CN(Cc2cnccn2)C[C@@H]1CC(=O)N(C)C. The molecular weight excluding hydrogens is 256 g/mol. The lowest BCUT2D eigenvalue weighted by Crippen LogP contribution is -2.29. The van der Waals surface area contributed by atoms with Gasteiger partial charge < -0.3 is 9.64 Å². The van der Waals surface area contributed by atoms with Crippen molar-refractivity contribution in [3.05, 3.63) is 24.3 Å². The molecule has 2 atom stereocenters. The summed E-state index contributed by atoms with van der Waals surface area (Å²) in [4.78, 5) is 24.1. The fraction of sp³-hybridized carbons (Fsp3) is 0.643. The quantitative estimate of drug-likeness (QED) is 0.780. The average molecular weight is 278 g/mol. The molecule has 1 amide bonds. The first-order valence-corrected chi connectivity index (χ1v) is 6.80. The van der Waals surface area contributed by atoms with Gasteiger partial charge in [0.2, 0.25) is 5.91 Å². The molecule has 6 nitrogen and oxygen atoms in total. The summed E-state index contributed by atoms with van der Waals surface area (Å²) in [5.41, 5.74) is 0.946. The van der Waals surface area contributed by atoms with Crippen molar-refractivity contribution in [1.82, 2.24) is 19.8 Å². The number of aromatic nitrogens is 2. The maximum atomic E-state index is 11.9. The molecule has 0 radical (unpaired) electrons. The summed E-state index contributed by atoms with van der Waals surface area (Å²) in [5.74, 6) is 0.393. The zero-order valence-electron chi connectivity index (χ0n) is 12.3. The summed E-state index contributed by atoms with van der Waals surface area (Å²) < 4.78 is 5.52. The Morgan fingerprint density at radius 2 is 2.25 bits per heavy atom. The van der Waals surface area contributed by atoms with Gasteiger partial charge in [0.05, 0.1) is 11.8 Å². The molecule has 1 aliphatic rings. The number of ether oxygens (including phenoxy) is 1. The molecule has 2 heterocycles. The van der Waals surface area contributed by atoms with Crippen molar-refractivity contribution in [1.29, 1.82) is 0 Å². The van der Waals surface area contributed by atoms with E-state index in [-0.39, 0.29) is 17.9 Å². The lowest BCUT2D eigenvalue weighted by molar-refractivity contribution is -0.130. The highest BCUT2D eigenvalue weighted by molar-refractivity contribution is 5.75. The maximum Gasteiger partial charge on any atom is 0.222 e. The van der Waals surface area contributed by atoms with Crippen molar-refractivity contribution in [3.63, 3.8) is 0 Å². The molecule has 0 bridgehead atoms. The van der Waals surface area contributed by atoms with E-state index in [0.717, 1.165) is 25.3 Å². The molecule has 0 saturated carbocycles. The average Bonchev–Trinajstić information content (AvgIpc) is 2.81. The molecule has 1 aromatic heterocycles. The lowest BCUT2D eigenvalue weighted by Gasteiger charge is -2.18. The van der Waals surface area contributed by atoms with Gasteiger partial charge in [-0.15, -0.1) is 0 Å². The number of carbonyl (C=O) groups is 1. The van der Waals surface area contributed by atoms with E-state index in [1.807, 2.05) is 0 Å². The number of nitrogens with zero attached hydrogens (tertiary/aromatic N) is 4. The van der Waals surface area contributed by atoms with Crippen LogP contribution in [0.1, 0.15) is 12.1 Å². The van der Waals surface area contributed by atoms with Crippen LogP contribution >= 0.6 is 0 Å². The Balaban J connectivity index is 1.93. The van der Waals surface area contributed by atoms with E-state index in [0.29, 0.717) is 6.42 Å². The van der Waals surface area contributed by atoms with Crippen LogP contribution in [0.4, 0.5) is 0 Å². The smallest absolute Gasteiger partial charge is 0.222 e. The minimum absolute atomic E-state index is 0.107. The van der Waals surface area contributed by atoms with Gasteiger partial charge in [-0.25, -0.2) is 0 Å². The van der Waals surface area contributed by atoms with Gasteiger partial charge in [0, 0.05) is 71.8 Å². The summed E-state index contributed by atoms with van der Waals surface area (Å²) in [7, 11) is 5.29. The Labute approximate surface area is 119 Å². The number of carbonyl (C=O) groups excluding carboxylic acids is 1. The molecule has 0 aromatic carbocycles. The second-order valence-electron chi connectivity index (χ2n) is 5.42. The third kappa shape index (κ3) is 3.74. The van der Waals surface area contributed by atoms with Gasteiger partial charge in [-0.1, -0.05) is 0 Å². The Morgan fingerprint density at radius 3 is 2.85 bits per heavy atom. The minimum atomic E-state index is 0.107. The van der Waals surface area contributed by atoms with E-state index in [1.54, 1.807) is 44.7 Å². The molecule has 1 aliphatic heterocycles. The van der Waals surface area contributed by atoms with Crippen LogP contribution < -0.4 is 0 Å². The Morgan fingerprint density at radius 1 is 1.45 bits per heavy atom. The van der Waals surface area contributed by atoms with Crippen LogP contribution in [0.15, 0.2) is 18.6 Å². The topological polar surface area (TPSA) is 58.6 Å². The predicted molar refractivity (Wildman–Crippen MR) is 74.9 cm³/mol. The molecule has 1 aromatic rings. The van der Waals surface area contributed by atoms with Crippen LogP contribution in [-0.4, -0.2) is 66.1 Å². The Kier molecular flexibility index (Phi) is 5.03. The summed E-state index contributed by atoms with van der Waals surface area (Å²) in [6.45, 7) is 2.44. The monoisotopic (exact) mass is 278 g/mol. The van der Waals surface area contributed by atoms with Gasteiger partial charge >= 0.3 is 0 Å². The van der Waals surface area contributed by atoms with E-state index in [2.05, 4.69) is 14.9 Å². The fourth-order valence-corrected chi connectivity index (χ4v) is 2.57. The summed E-state index contributed by atoms with van der Waals surface area (Å²) in [5, 5.41) is 0. The highest BCUT2D eigenvalue weighted by atomic mass is 16.5. The number of hydrogen-bond donors (Lipinski definition) is 0. The van der Waals surface area contributed by atoms with E-state index in [4.69, 9.17) is 4.74 Å². The Bertz CT molecular complexity index is 438. The van der Waals surface area contributed by atoms with Crippen LogP contribution in [0.5, 0.6) is 0 Å². The largest absolute Gasteiger partial charge is 0.380 e. The first-order valence-electron chi connectivity index (χ1n) is 6.80. The third-order valence-corrected chi connectivity index (χ3v) is 3.70. The lowest BCUT2D eigenvalue weighted by atomic mass is 10.0. The van der Waals surface area contributed by atoms with Crippen molar-refractivity contribution < 1.29 is 9.53 Å². The predicted octanol–water partition coefficient (Wildman–Crippen LogP) is 0.402. The molecule has 2 rings (SSSR count). The van der Waals surface area contributed by atoms with Gasteiger partial charge in [0.25, 0.3) is 0 Å². The fourth-order valence-electron chi connectivity index (χ4n) is 2.57. The molecule has 20 heavy (non-hydrogen) atoms. The first kappa shape index (κ1) is 14.9. The standard InChI is InChI=1S/C14H22N4O2/c1-17(2)14(19)6-11-8-18(10-13(11)20-3)9-12-7-15-4-5-16-12/h4-5,7,11,13H,6,8-10H2,1-3H3/t11-,13-/m0/s1. The zero-order chi connectivity index (χ0) is 14.5. The second kappa shape index (κ2) is 6.76. The van der Waals surface area contributed by atoms with Gasteiger partial charge in [-0.2, -0.15) is 0 Å². The van der Waals surface area contributed by atoms with Gasteiger partial charge in [-0.05, 0) is 0 Å². The van der Waals surface area contributed by atoms with Crippen LogP contribution in [0.2, 0.25) is 0 Å². The molecule has 0 N–H and O–H groups in total. The van der Waals surface area contributed by atoms with Crippen molar-refractivity contribution in [2.45, 2.75) is 19.1 Å². The molecule has 1 saturated heterocycles. The van der Waals surface area contributed by atoms with Crippen molar-refractivity contribution in [3.8, 4) is 0 Å². The first-order chi connectivity index (χ1) is 9.60. The third-order valence-electron chi connectivity index (χ3n) is 3.70. The van der Waals surface area contributed by atoms with Gasteiger partial charge in [0.15, 0.2) is 0 Å². The van der Waals surface area contributed by atoms with E-state index in [1.165, 1.54) is 0 Å². The molecule has 6 heteroatoms. The van der Waals surface area contributed by atoms with Gasteiger partial charge in [0.1, 0.15) is 0 Å². The van der Waals surface area contributed by atoms with Crippen LogP contribution in [-0.2, 0) is 16.1 Å². The zero-order valence-corrected chi connectivity index (χ0v) is 12.3. The van der Waals surface area contributed by atoms with E-state index < -0.39 is 0 Å². The molecule has 0 unspecified atom stereocenters. The van der Waals surface area contributed by atoms with E-state index in [9.17, 15) is 4.79 Å². The maximum absolute atomic E-state index is 11.9. The van der Waals surface area contributed by atoms with Crippen molar-refractivity contribution in [2.24, 2.45) is 5.92 Å². The van der Waals surface area contributed by atoms with Crippen molar-refractivity contribution >= 4 is 5.91 Å². The summed E-state index contributed by atoms with van der Waals surface area (Å²) in [6, 6.07) is 0. The van der Waals surface area contributed by atoms with Crippen LogP contribution in [0.25, 0.3) is 0 Å². The normalized spacial score (nSPS) is 22.9. The van der Waals surface area contributed by atoms with E-state index >= 15 is 0 Å². The highest BCUT2D eigenvalue weighted by Gasteiger charge is 2.34.